The first-order chi connectivity index (χ1) is 29.0. The summed E-state index contributed by atoms with van der Waals surface area (Å²) >= 11 is 0. The highest BCUT2D eigenvalue weighted by Crippen LogP contribution is 2.43. The van der Waals surface area contributed by atoms with Crippen molar-refractivity contribution in [1.29, 1.82) is 0 Å². The Bertz CT molecular complexity index is 1550. The number of hydrogen-bond donors (Lipinski definition) is 8. The number of para-hydroxylation sites is 2. The molecule has 62 heavy (non-hydrogen) atoms. The van der Waals surface area contributed by atoms with Crippen LogP contribution in [0.1, 0.15) is 108 Å². The zero-order valence-electron chi connectivity index (χ0n) is 39.6. The molecular weight excluding hydrogens is 803 g/mol. The maximum Gasteiger partial charge on any atom is 0.311 e. The Morgan fingerprint density at radius 2 is 1.63 bits per heavy atom. The van der Waals surface area contributed by atoms with Crippen LogP contribution in [-0.4, -0.2) is 155 Å². The van der Waals surface area contributed by atoms with Gasteiger partial charge in [-0.3, -0.25) is 4.79 Å². The molecule has 0 saturated carbocycles. The quantitative estimate of drug-likeness (QED) is 0.105. The summed E-state index contributed by atoms with van der Waals surface area (Å²) in [5, 5.41) is 68.9. The minimum absolute atomic E-state index is 0.0577. The summed E-state index contributed by atoms with van der Waals surface area (Å²) in [5.41, 5.74) is -6.06. The first-order valence-corrected chi connectivity index (χ1v) is 22.8. The highest BCUT2D eigenvalue weighted by molar-refractivity contribution is 5.73. The predicted octanol–water partition coefficient (Wildman–Crippen LogP) is 3.38. The van der Waals surface area contributed by atoms with Crippen LogP contribution in [0, 0.1) is 17.8 Å². The summed E-state index contributed by atoms with van der Waals surface area (Å²) < 4.78 is 45.6. The summed E-state index contributed by atoms with van der Waals surface area (Å²) in [6.07, 6.45) is -6.68. The predicted molar refractivity (Wildman–Crippen MR) is 234 cm³/mol. The summed E-state index contributed by atoms with van der Waals surface area (Å²) in [6.45, 7) is 20.9. The number of phenols is 1. The zero-order valence-corrected chi connectivity index (χ0v) is 39.6. The van der Waals surface area contributed by atoms with Crippen molar-refractivity contribution >= 4 is 5.97 Å². The number of esters is 1. The zero-order chi connectivity index (χ0) is 46.4. The average molecular weight is 884 g/mol. The molecule has 3 fully saturated rings. The molecule has 4 rings (SSSR count). The van der Waals surface area contributed by atoms with E-state index >= 15 is 0 Å². The molecule has 0 radical (unpaired) electrons. The molecule has 0 bridgehead atoms. The molecule has 3 aliphatic heterocycles. The maximum absolute atomic E-state index is 14.5. The fraction of sp³-hybridized carbons (Fsp3) is 0.848. The molecule has 1 aromatic carbocycles. The van der Waals surface area contributed by atoms with Gasteiger partial charge < -0.3 is 74.6 Å². The highest BCUT2D eigenvalue weighted by atomic mass is 16.7. The van der Waals surface area contributed by atoms with Gasteiger partial charge in [0.25, 0.3) is 0 Å². The fourth-order valence-electron chi connectivity index (χ4n) is 9.83. The first-order valence-electron chi connectivity index (χ1n) is 22.8. The van der Waals surface area contributed by atoms with E-state index in [4.69, 9.17) is 33.2 Å². The van der Waals surface area contributed by atoms with Crippen molar-refractivity contribution in [3.05, 3.63) is 24.3 Å². The van der Waals surface area contributed by atoms with Crippen molar-refractivity contribution in [3.8, 4) is 11.5 Å². The lowest BCUT2D eigenvalue weighted by Crippen LogP contribution is -2.70. The summed E-state index contributed by atoms with van der Waals surface area (Å²) in [5.74, 6) is -2.59. The number of benzene rings is 1. The molecular formula is C46H81N3O13. The molecule has 18 atom stereocenters. The van der Waals surface area contributed by atoms with Gasteiger partial charge in [0.1, 0.15) is 29.0 Å². The molecule has 0 unspecified atom stereocenters. The number of aromatic hydroxyl groups is 1. The van der Waals surface area contributed by atoms with Gasteiger partial charge in [0, 0.05) is 32.0 Å². The molecule has 3 aliphatic rings. The van der Waals surface area contributed by atoms with Crippen LogP contribution in [0.5, 0.6) is 11.5 Å². The van der Waals surface area contributed by atoms with Gasteiger partial charge in [0.05, 0.1) is 42.0 Å². The number of hydrogen-bond acceptors (Lipinski definition) is 16. The lowest BCUT2D eigenvalue weighted by atomic mass is 9.75. The molecule has 0 amide bonds. The third-order valence-corrected chi connectivity index (χ3v) is 13.9. The number of nitrogens with one attached hydrogen (secondary N) is 3. The van der Waals surface area contributed by atoms with Crippen LogP contribution < -0.4 is 20.7 Å². The number of phenolic OH excluding ortho intramolecular Hbond substituents is 1. The molecule has 0 spiro atoms. The van der Waals surface area contributed by atoms with Crippen molar-refractivity contribution in [2.75, 3.05) is 33.8 Å². The molecule has 3 heterocycles. The van der Waals surface area contributed by atoms with E-state index in [0.717, 1.165) is 6.42 Å². The summed E-state index contributed by atoms with van der Waals surface area (Å²) in [6, 6.07) is 5.73. The van der Waals surface area contributed by atoms with Crippen molar-refractivity contribution in [1.82, 2.24) is 16.0 Å². The van der Waals surface area contributed by atoms with Gasteiger partial charge in [-0.05, 0) is 112 Å². The molecule has 358 valence electrons. The van der Waals surface area contributed by atoms with E-state index in [1.54, 1.807) is 52.8 Å². The third kappa shape index (κ3) is 11.8. The average Bonchev–Trinajstić information content (AvgIpc) is 3.22. The summed E-state index contributed by atoms with van der Waals surface area (Å²) in [4.78, 5) is 14.5. The van der Waals surface area contributed by atoms with E-state index in [2.05, 4.69) is 16.0 Å². The number of carbonyl (C=O) groups is 1. The number of carbonyl (C=O) groups excluding carboxylic acids is 1. The van der Waals surface area contributed by atoms with E-state index in [1.165, 1.54) is 20.1 Å². The van der Waals surface area contributed by atoms with Crippen LogP contribution in [-0.2, 0) is 33.2 Å². The SMILES string of the molecule is CCCNC[C@]1(O)[C@H](C)O[C@@H](O[C@H]2[C@H](C)[C@@H](O[C@@H]3O[C@H](C)C[C@H](NC)[C@H]3Oc3ccccc3O)[C@](C)(O)C[C@@H](C)CN[C@H](C)[C@@H](O)[C@](C)(O)[C@@H](CC)OC(=O)[C@@H]2C)C[C@@]1(C)OC. The van der Waals surface area contributed by atoms with Crippen LogP contribution in [0.15, 0.2) is 24.3 Å². The van der Waals surface area contributed by atoms with Gasteiger partial charge in [-0.2, -0.15) is 0 Å². The van der Waals surface area contributed by atoms with E-state index in [-0.39, 0.29) is 55.4 Å². The normalized spacial score (nSPS) is 44.2. The maximum atomic E-state index is 14.5. The standard InChI is InChI=1S/C46H81N3O13/c1-14-20-48-25-46(55)31(8)58-36(23-44(46,10)56-13)61-37-28(5)40(62-42-38(32(47-12)21-27(4)57-42)59-34-19-17-16-18-33(34)50)43(9,53)22-26(3)24-49-30(7)39(51)45(11,54)35(15-2)60-41(52)29(37)6/h16-19,26-32,35-40,42,47-51,53-55H,14-15,20-25H2,1-13H3/t26-,27-,28+,29-,30-,31+,32+,35-,36+,37+,38-,39-,40-,42+,43-,44-,45-,46+/m1/s1. The van der Waals surface area contributed by atoms with Crippen LogP contribution in [0.25, 0.3) is 0 Å². The van der Waals surface area contributed by atoms with Gasteiger partial charge in [-0.15, -0.1) is 0 Å². The Morgan fingerprint density at radius 1 is 0.952 bits per heavy atom. The number of cyclic esters (lactones) is 1. The van der Waals surface area contributed by atoms with E-state index in [0.29, 0.717) is 19.5 Å². The van der Waals surface area contributed by atoms with Crippen LogP contribution in [0.2, 0.25) is 0 Å². The minimum Gasteiger partial charge on any atom is -0.504 e. The second kappa shape index (κ2) is 21.9. The van der Waals surface area contributed by atoms with Crippen molar-refractivity contribution in [2.45, 2.75) is 198 Å². The Labute approximate surface area is 370 Å². The van der Waals surface area contributed by atoms with E-state index in [1.807, 2.05) is 41.7 Å². The smallest absolute Gasteiger partial charge is 0.311 e. The number of aliphatic hydroxyl groups is 4. The van der Waals surface area contributed by atoms with Crippen molar-refractivity contribution in [2.24, 2.45) is 17.8 Å². The van der Waals surface area contributed by atoms with Gasteiger partial charge in [0.2, 0.25) is 0 Å². The molecule has 0 aromatic heterocycles. The molecule has 0 aliphatic carbocycles. The monoisotopic (exact) mass is 884 g/mol. The lowest BCUT2D eigenvalue weighted by molar-refractivity contribution is -0.335. The number of aliphatic hydroxyl groups excluding tert-OH is 1. The Balaban J connectivity index is 1.85. The number of ether oxygens (including phenoxy) is 7. The van der Waals surface area contributed by atoms with Crippen LogP contribution in [0.3, 0.4) is 0 Å². The van der Waals surface area contributed by atoms with E-state index in [9.17, 15) is 30.3 Å². The van der Waals surface area contributed by atoms with E-state index < -0.39 is 95.5 Å². The second-order valence-electron chi connectivity index (χ2n) is 19.1. The van der Waals surface area contributed by atoms with Crippen LogP contribution >= 0.6 is 0 Å². The fourth-order valence-corrected chi connectivity index (χ4v) is 9.83. The van der Waals surface area contributed by atoms with Gasteiger partial charge in [-0.25, -0.2) is 0 Å². The highest BCUT2D eigenvalue weighted by Gasteiger charge is 2.58. The van der Waals surface area contributed by atoms with Crippen LogP contribution in [0.4, 0.5) is 0 Å². The topological polar surface area (TPSA) is 219 Å². The molecule has 1 aromatic rings. The second-order valence-corrected chi connectivity index (χ2v) is 19.1. The first kappa shape index (κ1) is 52.4. The minimum atomic E-state index is -1.83. The number of rotatable bonds is 13. The van der Waals surface area contributed by atoms with Crippen molar-refractivity contribution in [3.63, 3.8) is 0 Å². The number of likely N-dealkylation sites (N-methyl/N-ethyl adjacent to an activating group) is 1. The molecule has 16 nitrogen and oxygen atoms in total. The van der Waals surface area contributed by atoms with Crippen molar-refractivity contribution < 1.29 is 63.5 Å². The largest absolute Gasteiger partial charge is 0.504 e. The molecule has 3 saturated heterocycles. The molecule has 8 N–H and O–H groups in total. The Morgan fingerprint density at radius 3 is 2.24 bits per heavy atom. The Hall–Kier alpha value is -2.19. The van der Waals surface area contributed by atoms with Gasteiger partial charge in [-0.1, -0.05) is 39.8 Å². The lowest BCUT2D eigenvalue weighted by Gasteiger charge is -2.53. The number of methoxy groups -OCH3 is 1. The summed E-state index contributed by atoms with van der Waals surface area (Å²) in [7, 11) is 3.35. The van der Waals surface area contributed by atoms with Gasteiger partial charge >= 0.3 is 5.97 Å². The van der Waals surface area contributed by atoms with Gasteiger partial charge in [0.15, 0.2) is 30.2 Å². The Kier molecular flexibility index (Phi) is 18.5. The third-order valence-electron chi connectivity index (χ3n) is 13.9. The molecule has 16 heteroatoms.